The first-order valence-corrected chi connectivity index (χ1v) is 4.28. The molecule has 68 valence electrons. The van der Waals surface area contributed by atoms with Gasteiger partial charge in [-0.15, -0.1) is 0 Å². The van der Waals surface area contributed by atoms with Gasteiger partial charge in [-0.2, -0.15) is 0 Å². The van der Waals surface area contributed by atoms with Crippen LogP contribution in [-0.2, 0) is 0 Å². The van der Waals surface area contributed by atoms with Crippen molar-refractivity contribution in [1.82, 2.24) is 9.97 Å². The van der Waals surface area contributed by atoms with Gasteiger partial charge in [0.15, 0.2) is 6.61 Å². The minimum absolute atomic E-state index is 0.400. The lowest BCUT2D eigenvalue weighted by Gasteiger charge is -1.97. The summed E-state index contributed by atoms with van der Waals surface area (Å²) < 4.78 is 5.23. The molecule has 3 heteroatoms. The third-order valence-corrected chi connectivity index (χ3v) is 1.35. The number of nitrogens with zero attached hydrogens (tertiary/aromatic N) is 2. The van der Waals surface area contributed by atoms with Gasteiger partial charge in [0, 0.05) is 18.7 Å². The van der Waals surface area contributed by atoms with Gasteiger partial charge in [-0.25, -0.2) is 9.97 Å². The first-order chi connectivity index (χ1) is 6.43. The van der Waals surface area contributed by atoms with Crippen LogP contribution in [0.25, 0.3) is 0 Å². The Bertz CT molecular complexity index is 287. The van der Waals surface area contributed by atoms with Crippen LogP contribution in [0.15, 0.2) is 18.6 Å². The molecule has 0 aromatic carbocycles. The number of rotatable bonds is 3. The van der Waals surface area contributed by atoms with Crippen molar-refractivity contribution in [1.29, 1.82) is 0 Å². The maximum atomic E-state index is 5.23. The number of hydrogen-bond acceptors (Lipinski definition) is 3. The summed E-state index contributed by atoms with van der Waals surface area (Å²) in [6.45, 7) is 2.50. The van der Waals surface area contributed by atoms with Gasteiger partial charge in [-0.3, -0.25) is 0 Å². The molecule has 0 atom stereocenters. The average molecular weight is 176 g/mol. The molecular formula is C10H12N2O. The van der Waals surface area contributed by atoms with E-state index in [1.807, 2.05) is 0 Å². The first-order valence-electron chi connectivity index (χ1n) is 4.28. The van der Waals surface area contributed by atoms with Gasteiger partial charge in [0.2, 0.25) is 5.88 Å². The van der Waals surface area contributed by atoms with E-state index in [0.717, 1.165) is 12.8 Å². The molecule has 3 nitrogen and oxygen atoms in total. The third kappa shape index (κ3) is 4.12. The maximum Gasteiger partial charge on any atom is 0.217 e. The van der Waals surface area contributed by atoms with E-state index >= 15 is 0 Å². The Labute approximate surface area is 78.2 Å². The lowest BCUT2D eigenvalue weighted by molar-refractivity contribution is 0.354. The molecule has 0 N–H and O–H groups in total. The SMILES string of the molecule is CCCC#CCOc1ccncn1. The zero-order valence-electron chi connectivity index (χ0n) is 7.66. The van der Waals surface area contributed by atoms with Crippen molar-refractivity contribution >= 4 is 0 Å². The van der Waals surface area contributed by atoms with Crippen LogP contribution in [0.2, 0.25) is 0 Å². The molecule has 1 rings (SSSR count). The second-order valence-electron chi connectivity index (χ2n) is 2.44. The predicted molar refractivity (Wildman–Crippen MR) is 50.2 cm³/mol. The standard InChI is InChI=1S/C10H12N2O/c1-2-3-4-5-8-13-10-6-7-11-9-12-10/h6-7,9H,2-3,8H2,1H3. The predicted octanol–water partition coefficient (Wildman–Crippen LogP) is 1.66. The van der Waals surface area contributed by atoms with E-state index in [1.165, 1.54) is 6.33 Å². The van der Waals surface area contributed by atoms with Gasteiger partial charge in [0.05, 0.1) is 0 Å². The second kappa shape index (κ2) is 6.01. The molecule has 0 aliphatic carbocycles. The summed E-state index contributed by atoms with van der Waals surface area (Å²) in [5, 5.41) is 0. The minimum atomic E-state index is 0.400. The normalized spacial score (nSPS) is 8.69. The summed E-state index contributed by atoms with van der Waals surface area (Å²) in [7, 11) is 0. The van der Waals surface area contributed by atoms with Gasteiger partial charge >= 0.3 is 0 Å². The van der Waals surface area contributed by atoms with E-state index in [9.17, 15) is 0 Å². The lowest BCUT2D eigenvalue weighted by atomic mass is 10.3. The van der Waals surface area contributed by atoms with Crippen molar-refractivity contribution in [3.05, 3.63) is 18.6 Å². The molecule has 0 aliphatic heterocycles. The van der Waals surface area contributed by atoms with Gasteiger partial charge < -0.3 is 4.74 Å². The Balaban J connectivity index is 2.25. The molecule has 0 radical (unpaired) electrons. The van der Waals surface area contributed by atoms with Gasteiger partial charge in [-0.1, -0.05) is 18.8 Å². The largest absolute Gasteiger partial charge is 0.464 e. The van der Waals surface area contributed by atoms with E-state index in [2.05, 4.69) is 28.7 Å². The summed E-state index contributed by atoms with van der Waals surface area (Å²) in [6.07, 6.45) is 5.10. The van der Waals surface area contributed by atoms with E-state index in [1.54, 1.807) is 12.3 Å². The highest BCUT2D eigenvalue weighted by molar-refractivity contribution is 5.07. The molecule has 0 saturated carbocycles. The Hall–Kier alpha value is -1.56. The average Bonchev–Trinajstić information content (AvgIpc) is 2.19. The van der Waals surface area contributed by atoms with E-state index in [-0.39, 0.29) is 0 Å². The third-order valence-electron chi connectivity index (χ3n) is 1.35. The van der Waals surface area contributed by atoms with E-state index in [4.69, 9.17) is 4.74 Å². The molecule has 1 heterocycles. The molecule has 0 saturated heterocycles. The molecular weight excluding hydrogens is 164 g/mol. The summed E-state index contributed by atoms with van der Waals surface area (Å²) >= 11 is 0. The topological polar surface area (TPSA) is 35.0 Å². The zero-order valence-corrected chi connectivity index (χ0v) is 7.66. The lowest BCUT2D eigenvalue weighted by Crippen LogP contribution is -1.95. The maximum absolute atomic E-state index is 5.23. The zero-order chi connectivity index (χ0) is 9.36. The molecule has 13 heavy (non-hydrogen) atoms. The van der Waals surface area contributed by atoms with Gasteiger partial charge in [0.1, 0.15) is 6.33 Å². The molecule has 1 aromatic rings. The molecule has 0 spiro atoms. The fraction of sp³-hybridized carbons (Fsp3) is 0.400. The Kier molecular flexibility index (Phi) is 4.41. The van der Waals surface area contributed by atoms with Crippen LogP contribution in [0.3, 0.4) is 0 Å². The summed E-state index contributed by atoms with van der Waals surface area (Å²) in [6, 6.07) is 1.71. The summed E-state index contributed by atoms with van der Waals surface area (Å²) in [5.41, 5.74) is 0. The van der Waals surface area contributed by atoms with Crippen LogP contribution in [-0.4, -0.2) is 16.6 Å². The quantitative estimate of drug-likeness (QED) is 0.657. The molecule has 0 amide bonds. The Morgan fingerprint density at radius 1 is 1.46 bits per heavy atom. The Morgan fingerprint density at radius 2 is 2.38 bits per heavy atom. The Morgan fingerprint density at radius 3 is 3.08 bits per heavy atom. The van der Waals surface area contributed by atoms with Crippen molar-refractivity contribution in [2.75, 3.05) is 6.61 Å². The van der Waals surface area contributed by atoms with E-state index < -0.39 is 0 Å². The van der Waals surface area contributed by atoms with Crippen LogP contribution in [0.5, 0.6) is 5.88 Å². The highest BCUT2D eigenvalue weighted by atomic mass is 16.5. The van der Waals surface area contributed by atoms with Gasteiger partial charge in [-0.05, 0) is 6.42 Å². The van der Waals surface area contributed by atoms with Crippen molar-refractivity contribution in [3.8, 4) is 17.7 Å². The second-order valence-corrected chi connectivity index (χ2v) is 2.44. The van der Waals surface area contributed by atoms with Crippen molar-refractivity contribution in [2.45, 2.75) is 19.8 Å². The molecule has 0 aliphatic rings. The number of ether oxygens (including phenoxy) is 1. The van der Waals surface area contributed by atoms with Crippen LogP contribution < -0.4 is 4.74 Å². The fourth-order valence-electron chi connectivity index (χ4n) is 0.738. The molecule has 0 unspecified atom stereocenters. The molecule has 0 bridgehead atoms. The minimum Gasteiger partial charge on any atom is -0.464 e. The monoisotopic (exact) mass is 176 g/mol. The highest BCUT2D eigenvalue weighted by Crippen LogP contribution is 1.99. The number of hydrogen-bond donors (Lipinski definition) is 0. The van der Waals surface area contributed by atoms with Gasteiger partial charge in [0.25, 0.3) is 0 Å². The van der Waals surface area contributed by atoms with E-state index in [0.29, 0.717) is 12.5 Å². The van der Waals surface area contributed by atoms with Crippen LogP contribution in [0.4, 0.5) is 0 Å². The molecule has 0 fully saturated rings. The molecule has 1 aromatic heterocycles. The number of unbranched alkanes of at least 4 members (excludes halogenated alkanes) is 1. The first kappa shape index (κ1) is 9.53. The fourth-order valence-corrected chi connectivity index (χ4v) is 0.738. The van der Waals surface area contributed by atoms with Crippen LogP contribution in [0, 0.1) is 11.8 Å². The van der Waals surface area contributed by atoms with Crippen molar-refractivity contribution in [3.63, 3.8) is 0 Å². The number of aromatic nitrogens is 2. The smallest absolute Gasteiger partial charge is 0.217 e. The van der Waals surface area contributed by atoms with Crippen molar-refractivity contribution < 1.29 is 4.74 Å². The van der Waals surface area contributed by atoms with Crippen LogP contribution >= 0.6 is 0 Å². The van der Waals surface area contributed by atoms with Crippen LogP contribution in [0.1, 0.15) is 19.8 Å². The summed E-state index contributed by atoms with van der Waals surface area (Å²) in [4.78, 5) is 7.67. The van der Waals surface area contributed by atoms with Crippen molar-refractivity contribution in [2.24, 2.45) is 0 Å². The summed E-state index contributed by atoms with van der Waals surface area (Å²) in [5.74, 6) is 6.46. The highest BCUT2D eigenvalue weighted by Gasteiger charge is 1.88.